The molecular formula is C27H33N3O5. The molecule has 0 aliphatic heterocycles. The molecule has 0 unspecified atom stereocenters. The van der Waals surface area contributed by atoms with Gasteiger partial charge >= 0.3 is 5.97 Å². The summed E-state index contributed by atoms with van der Waals surface area (Å²) >= 11 is 0. The number of hydrogen-bond donors (Lipinski definition) is 1. The van der Waals surface area contributed by atoms with Gasteiger partial charge in [-0.05, 0) is 13.8 Å². The highest BCUT2D eigenvalue weighted by atomic mass is 16.5. The van der Waals surface area contributed by atoms with Crippen LogP contribution in [-0.2, 0) is 19.0 Å². The Morgan fingerprint density at radius 3 is 1.94 bits per heavy atom. The van der Waals surface area contributed by atoms with Crippen molar-refractivity contribution in [3.05, 3.63) is 66.9 Å². The van der Waals surface area contributed by atoms with Crippen molar-refractivity contribution in [1.82, 2.24) is 9.97 Å². The van der Waals surface area contributed by atoms with Gasteiger partial charge in [0.05, 0.1) is 50.6 Å². The van der Waals surface area contributed by atoms with Crippen molar-refractivity contribution >= 4 is 11.8 Å². The molecule has 0 atom stereocenters. The van der Waals surface area contributed by atoms with Crippen LogP contribution >= 0.6 is 0 Å². The molecule has 0 amide bonds. The first kappa shape index (κ1) is 26.3. The number of aromatic nitrogens is 2. The highest BCUT2D eigenvalue weighted by Crippen LogP contribution is 2.30. The topological polar surface area (TPSA) is 94.0 Å². The molecule has 0 aliphatic rings. The molecule has 186 valence electrons. The van der Waals surface area contributed by atoms with Crippen molar-refractivity contribution in [1.29, 1.82) is 0 Å². The molecule has 0 saturated heterocycles. The van der Waals surface area contributed by atoms with Gasteiger partial charge in [0, 0.05) is 23.7 Å². The summed E-state index contributed by atoms with van der Waals surface area (Å²) in [7, 11) is 0. The highest BCUT2D eigenvalue weighted by Gasteiger charge is 2.17. The molecule has 8 heteroatoms. The molecule has 3 aromatic rings. The van der Waals surface area contributed by atoms with Crippen LogP contribution in [0.25, 0.3) is 22.5 Å². The predicted molar refractivity (Wildman–Crippen MR) is 135 cm³/mol. The number of rotatable bonds is 15. The molecule has 8 nitrogen and oxygen atoms in total. The van der Waals surface area contributed by atoms with Gasteiger partial charge in [0.15, 0.2) is 0 Å². The molecule has 0 spiro atoms. The van der Waals surface area contributed by atoms with E-state index in [2.05, 4.69) is 30.9 Å². The van der Waals surface area contributed by atoms with E-state index in [0.717, 1.165) is 28.3 Å². The number of anilines is 1. The smallest absolute Gasteiger partial charge is 0.329 e. The van der Waals surface area contributed by atoms with Crippen molar-refractivity contribution < 1.29 is 24.1 Å². The Hall–Kier alpha value is -3.33. The minimum atomic E-state index is -0.988. The minimum Gasteiger partial charge on any atom is -0.480 e. The van der Waals surface area contributed by atoms with Gasteiger partial charge in [-0.3, -0.25) is 4.98 Å². The number of hydrogen-bond acceptors (Lipinski definition) is 7. The Labute approximate surface area is 206 Å². The first-order valence-corrected chi connectivity index (χ1v) is 11.8. The summed E-state index contributed by atoms with van der Waals surface area (Å²) in [5.74, 6) is -0.188. The third-order valence-corrected chi connectivity index (χ3v) is 5.22. The van der Waals surface area contributed by atoms with E-state index in [1.165, 1.54) is 0 Å². The summed E-state index contributed by atoms with van der Waals surface area (Å²) in [6.07, 6.45) is 1.83. The van der Waals surface area contributed by atoms with Crippen molar-refractivity contribution in [3.63, 3.8) is 0 Å². The fraction of sp³-hybridized carbons (Fsp3) is 0.370. The van der Waals surface area contributed by atoms with E-state index in [0.29, 0.717) is 33.0 Å². The van der Waals surface area contributed by atoms with Crippen LogP contribution in [0.4, 0.5) is 5.82 Å². The molecule has 0 bridgehead atoms. The van der Waals surface area contributed by atoms with Gasteiger partial charge < -0.3 is 24.2 Å². The molecule has 1 N–H and O–H groups in total. The lowest BCUT2D eigenvalue weighted by molar-refractivity contribution is -0.142. The number of ether oxygens (including phenoxy) is 3. The third kappa shape index (κ3) is 8.43. The number of aliphatic carboxylic acids is 1. The largest absolute Gasteiger partial charge is 0.480 e. The molecule has 35 heavy (non-hydrogen) atoms. The normalized spacial score (nSPS) is 11.1. The third-order valence-electron chi connectivity index (χ3n) is 5.22. The van der Waals surface area contributed by atoms with Crippen molar-refractivity contribution in [2.45, 2.75) is 19.9 Å². The summed E-state index contributed by atoms with van der Waals surface area (Å²) in [5.41, 5.74) is 3.74. The Bertz CT molecular complexity index is 1030. The van der Waals surface area contributed by atoms with Crippen LogP contribution in [-0.4, -0.2) is 73.3 Å². The van der Waals surface area contributed by atoms with Gasteiger partial charge in [0.2, 0.25) is 0 Å². The molecule has 3 rings (SSSR count). The summed E-state index contributed by atoms with van der Waals surface area (Å²) in [4.78, 5) is 22.4. The fourth-order valence-corrected chi connectivity index (χ4v) is 3.52. The van der Waals surface area contributed by atoms with E-state index in [4.69, 9.17) is 29.3 Å². The second kappa shape index (κ2) is 14.2. The maximum atomic E-state index is 10.4. The van der Waals surface area contributed by atoms with Gasteiger partial charge in [-0.2, -0.15) is 0 Å². The van der Waals surface area contributed by atoms with E-state index in [9.17, 15) is 4.79 Å². The number of benzene rings is 2. The Kier molecular flexibility index (Phi) is 10.6. The molecule has 1 heterocycles. The van der Waals surface area contributed by atoms with Crippen LogP contribution in [0, 0.1) is 0 Å². The van der Waals surface area contributed by atoms with Crippen LogP contribution in [0.1, 0.15) is 13.8 Å². The maximum Gasteiger partial charge on any atom is 0.329 e. The molecule has 2 aromatic carbocycles. The molecular weight excluding hydrogens is 446 g/mol. The summed E-state index contributed by atoms with van der Waals surface area (Å²) in [6.45, 7) is 6.54. The minimum absolute atomic E-state index is 0.210. The Morgan fingerprint density at radius 1 is 0.829 bits per heavy atom. The van der Waals surface area contributed by atoms with Gasteiger partial charge in [0.25, 0.3) is 0 Å². The number of nitrogens with zero attached hydrogens (tertiary/aromatic N) is 3. The van der Waals surface area contributed by atoms with Crippen LogP contribution in [0.3, 0.4) is 0 Å². The average molecular weight is 480 g/mol. The molecule has 0 fully saturated rings. The number of carboxylic acids is 1. The monoisotopic (exact) mass is 479 g/mol. The SMILES string of the molecule is CC(C)N(CCOCCOCCOCC(=O)O)c1cnc(-c2ccccc2)c(-c2ccccc2)n1. The quantitative estimate of drug-likeness (QED) is 0.325. The van der Waals surface area contributed by atoms with Crippen molar-refractivity contribution in [3.8, 4) is 22.5 Å². The fourth-order valence-electron chi connectivity index (χ4n) is 3.52. The molecule has 0 aliphatic carbocycles. The van der Waals surface area contributed by atoms with Gasteiger partial charge in [-0.1, -0.05) is 60.7 Å². The van der Waals surface area contributed by atoms with Crippen LogP contribution < -0.4 is 4.90 Å². The zero-order chi connectivity index (χ0) is 24.9. The zero-order valence-corrected chi connectivity index (χ0v) is 20.3. The van der Waals surface area contributed by atoms with E-state index >= 15 is 0 Å². The summed E-state index contributed by atoms with van der Waals surface area (Å²) < 4.78 is 16.1. The first-order chi connectivity index (χ1) is 17.1. The highest BCUT2D eigenvalue weighted by molar-refractivity contribution is 5.78. The predicted octanol–water partition coefficient (Wildman–Crippen LogP) is 4.16. The van der Waals surface area contributed by atoms with Gasteiger partial charge in [-0.15, -0.1) is 0 Å². The first-order valence-electron chi connectivity index (χ1n) is 11.8. The van der Waals surface area contributed by atoms with Gasteiger partial charge in [-0.25, -0.2) is 9.78 Å². The Balaban J connectivity index is 1.61. The van der Waals surface area contributed by atoms with Crippen LogP contribution in [0.15, 0.2) is 66.9 Å². The van der Waals surface area contributed by atoms with Crippen molar-refractivity contribution in [2.24, 2.45) is 0 Å². The van der Waals surface area contributed by atoms with Crippen LogP contribution in [0.2, 0.25) is 0 Å². The van der Waals surface area contributed by atoms with Crippen LogP contribution in [0.5, 0.6) is 0 Å². The molecule has 1 aromatic heterocycles. The summed E-state index contributed by atoms with van der Waals surface area (Å²) in [6, 6.07) is 20.4. The van der Waals surface area contributed by atoms with E-state index in [1.807, 2.05) is 54.7 Å². The van der Waals surface area contributed by atoms with E-state index < -0.39 is 5.97 Å². The second-order valence-electron chi connectivity index (χ2n) is 8.12. The summed E-state index contributed by atoms with van der Waals surface area (Å²) in [5, 5.41) is 8.52. The van der Waals surface area contributed by atoms with E-state index in [1.54, 1.807) is 0 Å². The lowest BCUT2D eigenvalue weighted by Gasteiger charge is -2.28. The van der Waals surface area contributed by atoms with Gasteiger partial charge in [0.1, 0.15) is 12.4 Å². The lowest BCUT2D eigenvalue weighted by atomic mass is 10.0. The van der Waals surface area contributed by atoms with E-state index in [-0.39, 0.29) is 19.3 Å². The second-order valence-corrected chi connectivity index (χ2v) is 8.12. The Morgan fingerprint density at radius 2 is 1.37 bits per heavy atom. The standard InChI is InChI=1S/C27H33N3O5/c1-21(2)30(13-14-33-15-16-34-17-18-35-20-25(31)32)24-19-28-26(22-9-5-3-6-10-22)27(29-24)23-11-7-4-8-12-23/h3-12,19,21H,13-18,20H2,1-2H3,(H,31,32). The van der Waals surface area contributed by atoms with Crippen molar-refractivity contribution in [2.75, 3.05) is 51.1 Å². The number of carbonyl (C=O) groups is 1. The maximum absolute atomic E-state index is 10.4. The molecule has 0 radical (unpaired) electrons. The zero-order valence-electron chi connectivity index (χ0n) is 20.3. The lowest BCUT2D eigenvalue weighted by Crippen LogP contribution is -2.35. The average Bonchev–Trinajstić information content (AvgIpc) is 2.87. The number of carboxylic acid groups (broad SMARTS) is 1. The molecule has 0 saturated carbocycles.